The average molecular weight is 674 g/mol. The zero-order chi connectivity index (χ0) is 33.6. The maximum atomic E-state index is 14.3. The summed E-state index contributed by atoms with van der Waals surface area (Å²) in [6.45, 7) is 9.40. The van der Waals surface area contributed by atoms with Gasteiger partial charge in [-0.15, -0.1) is 11.3 Å². The minimum absolute atomic E-state index is 0.154. The lowest BCUT2D eigenvalue weighted by Crippen LogP contribution is -2.23. The van der Waals surface area contributed by atoms with E-state index in [1.54, 1.807) is 105 Å². The summed E-state index contributed by atoms with van der Waals surface area (Å²) >= 11 is 1.62. The van der Waals surface area contributed by atoms with Crippen LogP contribution in [-0.4, -0.2) is 25.9 Å². The smallest absolute Gasteiger partial charge is 0.457 e. The molecule has 0 aliphatic carbocycles. The van der Waals surface area contributed by atoms with Crippen molar-refractivity contribution in [2.75, 3.05) is 0 Å². The Balaban J connectivity index is 1.55. The Bertz CT molecular complexity index is 1940. The summed E-state index contributed by atoms with van der Waals surface area (Å²) in [7, 11) is -4.53. The summed E-state index contributed by atoms with van der Waals surface area (Å²) < 4.78 is 38.5. The van der Waals surface area contributed by atoms with Crippen LogP contribution >= 0.6 is 19.2 Å². The highest BCUT2D eigenvalue weighted by Gasteiger charge is 2.35. The van der Waals surface area contributed by atoms with E-state index in [1.807, 2.05) is 6.07 Å². The normalized spacial score (nSPS) is 12.0. The number of benzene rings is 2. The van der Waals surface area contributed by atoms with Gasteiger partial charge in [-0.2, -0.15) is 9.55 Å². The Morgan fingerprint density at radius 3 is 2.15 bits per heavy atom. The molecule has 0 spiro atoms. The molecule has 47 heavy (non-hydrogen) atoms. The number of esters is 1. The number of thiazole rings is 1. The molecule has 0 aliphatic heterocycles. The van der Waals surface area contributed by atoms with Gasteiger partial charge in [-0.25, -0.2) is 9.78 Å². The number of pyridine rings is 1. The molecule has 5 aromatic rings. The largest absolute Gasteiger partial charge is 0.648 e. The molecule has 3 aromatic heterocycles. The number of carbonyl (C=O) groups excluding carboxylic acids is 1. The first-order valence-corrected chi connectivity index (χ1v) is 17.4. The van der Waals surface area contributed by atoms with Crippen molar-refractivity contribution in [3.05, 3.63) is 123 Å². The van der Waals surface area contributed by atoms with E-state index in [9.17, 15) is 14.2 Å². The third-order valence-corrected chi connectivity index (χ3v) is 8.79. The quantitative estimate of drug-likeness (QED) is 0.0736. The number of fused-ring (bicyclic) bond motifs is 1. The van der Waals surface area contributed by atoms with Crippen molar-refractivity contribution in [3.63, 3.8) is 0 Å². The van der Waals surface area contributed by atoms with Crippen LogP contribution in [0.2, 0.25) is 0 Å². The van der Waals surface area contributed by atoms with Gasteiger partial charge in [0.15, 0.2) is 0 Å². The second kappa shape index (κ2) is 14.4. The number of carbonyl (C=O) groups is 1. The molecule has 0 atom stereocenters. The Kier molecular flexibility index (Phi) is 10.3. The molecule has 0 amide bonds. The summed E-state index contributed by atoms with van der Waals surface area (Å²) in [5.74, 6) is -0.263. The number of hydrogen-bond donors (Lipinski definition) is 0. The van der Waals surface area contributed by atoms with Gasteiger partial charge >= 0.3 is 13.8 Å². The standard InChI is InChI=1S/C35H36N3O7PS/c1-24(2)29-23-47-31(36-29)18-16-25-20-21-38-30(22-25)37-33(28(34(38)40)17-19-32(39)42-35(3,4)5)45-46(41,43-26-12-8-6-9-13-26)44-27-14-10-7-11-15-27/h6-15,17,19-24H,16,18H2,1-5H3. The topological polar surface area (TPSA) is 118 Å². The second-order valence-corrected chi connectivity index (χ2v) is 14.3. The Labute approximate surface area is 277 Å². The van der Waals surface area contributed by atoms with Gasteiger partial charge in [0.1, 0.15) is 28.3 Å². The third-order valence-electron chi connectivity index (χ3n) is 6.60. The summed E-state index contributed by atoms with van der Waals surface area (Å²) in [6, 6.07) is 20.3. The monoisotopic (exact) mass is 673 g/mol. The van der Waals surface area contributed by atoms with Gasteiger partial charge in [-0.1, -0.05) is 50.2 Å². The number of nitrogens with zero attached hydrogens (tertiary/aromatic N) is 3. The lowest BCUT2D eigenvalue weighted by Gasteiger charge is -2.20. The molecule has 0 aliphatic rings. The first-order chi connectivity index (χ1) is 22.4. The van der Waals surface area contributed by atoms with Crippen LogP contribution in [0.5, 0.6) is 17.4 Å². The van der Waals surface area contributed by atoms with Gasteiger partial charge < -0.3 is 18.3 Å². The van der Waals surface area contributed by atoms with Gasteiger partial charge in [0, 0.05) is 24.1 Å². The second-order valence-electron chi connectivity index (χ2n) is 11.9. The summed E-state index contributed by atoms with van der Waals surface area (Å²) in [6.07, 6.45) is 5.29. The van der Waals surface area contributed by atoms with E-state index >= 15 is 0 Å². The minimum atomic E-state index is -4.53. The molecule has 0 radical (unpaired) electrons. The number of phosphoric ester groups is 1. The van der Waals surface area contributed by atoms with Crippen LogP contribution in [0.25, 0.3) is 11.7 Å². The van der Waals surface area contributed by atoms with Gasteiger partial charge in [-0.3, -0.25) is 9.20 Å². The number of hydrogen-bond acceptors (Lipinski definition) is 10. The molecular formula is C35H36N3O7PS. The molecule has 5 rings (SSSR count). The highest BCUT2D eigenvalue weighted by atomic mass is 32.1. The fourth-order valence-electron chi connectivity index (χ4n) is 4.37. The molecule has 0 fully saturated rings. The maximum absolute atomic E-state index is 14.3. The molecular weight excluding hydrogens is 637 g/mol. The van der Waals surface area contributed by atoms with Crippen molar-refractivity contribution in [1.29, 1.82) is 0 Å². The molecule has 10 nitrogen and oxygen atoms in total. The molecule has 0 saturated heterocycles. The Morgan fingerprint density at radius 1 is 0.936 bits per heavy atom. The zero-order valence-electron chi connectivity index (χ0n) is 26.8. The Hall–Kier alpha value is -4.73. The van der Waals surface area contributed by atoms with Crippen molar-refractivity contribution < 1.29 is 27.7 Å². The van der Waals surface area contributed by atoms with Crippen molar-refractivity contribution in [2.24, 2.45) is 0 Å². The van der Waals surface area contributed by atoms with Crippen LogP contribution in [-0.2, 0) is 26.9 Å². The number of phosphoric acid groups is 1. The molecule has 3 heterocycles. The van der Waals surface area contributed by atoms with Gasteiger partial charge in [0.05, 0.1) is 10.7 Å². The van der Waals surface area contributed by atoms with Crippen LogP contribution in [0, 0.1) is 0 Å². The number of ether oxygens (including phenoxy) is 1. The first-order valence-electron chi connectivity index (χ1n) is 15.1. The SMILES string of the molecule is CC(C)c1csc(CCc2ccn3c(=O)c(C=CC(=O)OC(C)(C)C)c(OP(=O)(Oc4ccccc4)Oc4ccccc4)nc3c2)n1. The first kappa shape index (κ1) is 33.6. The predicted molar refractivity (Wildman–Crippen MR) is 182 cm³/mol. The highest BCUT2D eigenvalue weighted by Crippen LogP contribution is 2.49. The lowest BCUT2D eigenvalue weighted by molar-refractivity contribution is -0.148. The summed E-state index contributed by atoms with van der Waals surface area (Å²) in [5, 5.41) is 3.09. The van der Waals surface area contributed by atoms with E-state index in [2.05, 4.69) is 24.2 Å². The van der Waals surface area contributed by atoms with Crippen LogP contribution in [0.4, 0.5) is 0 Å². The predicted octanol–water partition coefficient (Wildman–Crippen LogP) is 8.06. The molecule has 2 aromatic carbocycles. The minimum Gasteiger partial charge on any atom is -0.457 e. The maximum Gasteiger partial charge on any atom is 0.648 e. The van der Waals surface area contributed by atoms with E-state index in [0.29, 0.717) is 18.8 Å². The average Bonchev–Trinajstić information content (AvgIpc) is 3.49. The third kappa shape index (κ3) is 9.18. The van der Waals surface area contributed by atoms with E-state index in [1.165, 1.54) is 10.5 Å². The number of para-hydroxylation sites is 2. The van der Waals surface area contributed by atoms with E-state index in [-0.39, 0.29) is 28.6 Å². The molecule has 0 N–H and O–H groups in total. The fraction of sp³-hybridized carbons (Fsp3) is 0.257. The molecule has 0 unspecified atom stereocenters. The van der Waals surface area contributed by atoms with Gasteiger partial charge in [0.25, 0.3) is 5.56 Å². The van der Waals surface area contributed by atoms with Crippen molar-refractivity contribution in [3.8, 4) is 17.4 Å². The number of aromatic nitrogens is 3. The van der Waals surface area contributed by atoms with Gasteiger partial charge in [-0.05, 0) is 81.1 Å². The van der Waals surface area contributed by atoms with Gasteiger partial charge in [0.2, 0.25) is 5.88 Å². The van der Waals surface area contributed by atoms with E-state index in [0.717, 1.165) is 22.3 Å². The molecule has 0 saturated carbocycles. The van der Waals surface area contributed by atoms with Crippen molar-refractivity contribution in [2.45, 2.75) is 59.0 Å². The summed E-state index contributed by atoms with van der Waals surface area (Å²) in [5.41, 5.74) is 0.731. The number of aryl methyl sites for hydroxylation is 2. The van der Waals surface area contributed by atoms with E-state index in [4.69, 9.17) is 23.3 Å². The van der Waals surface area contributed by atoms with Crippen LogP contribution in [0.15, 0.2) is 95.2 Å². The zero-order valence-corrected chi connectivity index (χ0v) is 28.5. The molecule has 12 heteroatoms. The van der Waals surface area contributed by atoms with Crippen molar-refractivity contribution >= 4 is 36.9 Å². The Morgan fingerprint density at radius 2 is 1.57 bits per heavy atom. The van der Waals surface area contributed by atoms with Crippen LogP contribution in [0.3, 0.4) is 0 Å². The lowest BCUT2D eigenvalue weighted by atomic mass is 10.1. The molecule has 0 bridgehead atoms. The number of rotatable bonds is 12. The van der Waals surface area contributed by atoms with Crippen LogP contribution < -0.4 is 19.1 Å². The molecule has 244 valence electrons. The highest BCUT2D eigenvalue weighted by molar-refractivity contribution is 7.49. The summed E-state index contributed by atoms with van der Waals surface area (Å²) in [4.78, 5) is 35.7. The fourth-order valence-corrected chi connectivity index (χ4v) is 6.55. The van der Waals surface area contributed by atoms with Crippen molar-refractivity contribution in [1.82, 2.24) is 14.4 Å². The van der Waals surface area contributed by atoms with E-state index < -0.39 is 25.0 Å². The van der Waals surface area contributed by atoms with Crippen LogP contribution in [0.1, 0.15) is 62.4 Å².